The van der Waals surface area contributed by atoms with Gasteiger partial charge in [-0.3, -0.25) is 23.9 Å². The third-order valence-electron chi connectivity index (χ3n) is 7.26. The van der Waals surface area contributed by atoms with E-state index in [2.05, 4.69) is 55.1 Å². The SMILES string of the molecule is CCCC(NC(=O)CCC(NC(=O)COCCOCCNC(=O)CCCS(=O)NC(=O)CC(C)(C)CC(C)(C)Cc1nn[nH]n1)C(=O)O)C(=O)O. The van der Waals surface area contributed by atoms with Crippen molar-refractivity contribution in [1.29, 1.82) is 0 Å². The van der Waals surface area contributed by atoms with Gasteiger partial charge in [-0.25, -0.2) is 13.8 Å². The molecular formula is C31H54N8O11S. The number of ether oxygens (including phenoxy) is 2. The number of aromatic nitrogens is 4. The van der Waals surface area contributed by atoms with Gasteiger partial charge < -0.3 is 35.6 Å². The number of nitrogens with one attached hydrogen (secondary N) is 5. The minimum Gasteiger partial charge on any atom is -0.480 e. The summed E-state index contributed by atoms with van der Waals surface area (Å²) in [4.78, 5) is 71.4. The lowest BCUT2D eigenvalue weighted by molar-refractivity contribution is -0.144. The number of carbonyl (C=O) groups excluding carboxylic acids is 4. The molecule has 0 radical (unpaired) electrons. The molecule has 0 saturated heterocycles. The minimum absolute atomic E-state index is 0.0161. The summed E-state index contributed by atoms with van der Waals surface area (Å²) in [6.07, 6.45) is 2.11. The number of H-pyrrole nitrogens is 1. The maximum atomic E-state index is 12.5. The highest BCUT2D eigenvalue weighted by molar-refractivity contribution is 7.83. The molecule has 0 aliphatic rings. The molecule has 0 aliphatic heterocycles. The van der Waals surface area contributed by atoms with Gasteiger partial charge in [0.1, 0.15) is 29.7 Å². The first-order valence-electron chi connectivity index (χ1n) is 16.8. The normalized spacial score (nSPS) is 13.4. The summed E-state index contributed by atoms with van der Waals surface area (Å²) < 4.78 is 25.4. The van der Waals surface area contributed by atoms with Crippen LogP contribution >= 0.6 is 0 Å². The number of nitrogens with zero attached hydrogens (tertiary/aromatic N) is 3. The first-order chi connectivity index (χ1) is 23.9. The highest BCUT2D eigenvalue weighted by Crippen LogP contribution is 2.37. The van der Waals surface area contributed by atoms with Crippen LogP contribution in [-0.2, 0) is 55.6 Å². The molecule has 0 aromatic carbocycles. The number of tetrazole rings is 1. The van der Waals surface area contributed by atoms with Crippen LogP contribution in [0.3, 0.4) is 0 Å². The highest BCUT2D eigenvalue weighted by Gasteiger charge is 2.32. The van der Waals surface area contributed by atoms with Crippen molar-refractivity contribution in [3.05, 3.63) is 5.82 Å². The highest BCUT2D eigenvalue weighted by atomic mass is 32.2. The van der Waals surface area contributed by atoms with Crippen molar-refractivity contribution in [2.45, 2.75) is 104 Å². The molecule has 51 heavy (non-hydrogen) atoms. The minimum atomic E-state index is -1.62. The molecule has 1 rings (SSSR count). The van der Waals surface area contributed by atoms with Crippen LogP contribution in [0.25, 0.3) is 0 Å². The summed E-state index contributed by atoms with van der Waals surface area (Å²) in [6.45, 7) is 9.86. The largest absolute Gasteiger partial charge is 0.480 e. The summed E-state index contributed by atoms with van der Waals surface area (Å²) in [7, 11) is -1.62. The monoisotopic (exact) mass is 746 g/mol. The zero-order chi connectivity index (χ0) is 38.5. The van der Waals surface area contributed by atoms with E-state index < -0.39 is 53.4 Å². The standard InChI is InChI=1S/C31H54N8O11S/c1-6-8-21(28(44)45)33-25(41)11-10-22(29(46)47)34-27(43)19-50-15-14-49-13-12-32-24(40)9-7-16-51(48)37-26(42)18-31(4,5)20-30(2,3)17-23-35-38-39-36-23/h21-22H,6-20H2,1-5H3,(H,32,40)(H,33,41)(H,34,43)(H,37,42)(H,44,45)(H,46,47)(H,35,36,38,39). The average Bonchev–Trinajstić information content (AvgIpc) is 3.51. The van der Waals surface area contributed by atoms with Crippen LogP contribution in [0.4, 0.5) is 0 Å². The zero-order valence-corrected chi connectivity index (χ0v) is 30.9. The van der Waals surface area contributed by atoms with Crippen molar-refractivity contribution in [1.82, 2.24) is 41.3 Å². The van der Waals surface area contributed by atoms with E-state index in [1.54, 1.807) is 6.92 Å². The molecule has 0 aliphatic carbocycles. The van der Waals surface area contributed by atoms with Gasteiger partial charge in [-0.05, 0) is 36.5 Å². The van der Waals surface area contributed by atoms with Crippen LogP contribution in [0, 0.1) is 10.8 Å². The second kappa shape index (κ2) is 23.4. The number of rotatable bonds is 28. The van der Waals surface area contributed by atoms with E-state index in [1.165, 1.54) is 0 Å². The Bertz CT molecular complexity index is 1290. The first kappa shape index (κ1) is 45.0. The molecule has 1 heterocycles. The molecule has 4 amide bonds. The van der Waals surface area contributed by atoms with Gasteiger partial charge in [-0.15, -0.1) is 10.2 Å². The number of aliphatic carboxylic acids is 2. The molecule has 0 saturated carbocycles. The maximum Gasteiger partial charge on any atom is 0.326 e. The van der Waals surface area contributed by atoms with Crippen LogP contribution in [0.5, 0.6) is 0 Å². The average molecular weight is 747 g/mol. The quantitative estimate of drug-likeness (QED) is 0.0556. The maximum absolute atomic E-state index is 12.5. The van der Waals surface area contributed by atoms with E-state index in [9.17, 15) is 38.1 Å². The van der Waals surface area contributed by atoms with E-state index in [1.807, 2.05) is 13.8 Å². The summed E-state index contributed by atoms with van der Waals surface area (Å²) in [5, 5.41) is 39.7. The lowest BCUT2D eigenvalue weighted by atomic mass is 9.71. The summed E-state index contributed by atoms with van der Waals surface area (Å²) in [5.41, 5.74) is -0.563. The predicted octanol–water partition coefficient (Wildman–Crippen LogP) is 0.00340. The molecule has 19 nitrogen and oxygen atoms in total. The summed E-state index contributed by atoms with van der Waals surface area (Å²) >= 11 is 0. The molecule has 0 fully saturated rings. The molecule has 3 unspecified atom stereocenters. The number of amides is 4. The third kappa shape index (κ3) is 21.7. The van der Waals surface area contributed by atoms with Gasteiger partial charge in [0.05, 0.1) is 19.8 Å². The molecule has 1 aromatic heterocycles. The molecule has 0 bridgehead atoms. The molecule has 0 spiro atoms. The smallest absolute Gasteiger partial charge is 0.326 e. The topological polar surface area (TPSA) is 281 Å². The van der Waals surface area contributed by atoms with Crippen molar-refractivity contribution in [3.63, 3.8) is 0 Å². The van der Waals surface area contributed by atoms with Crippen molar-refractivity contribution >= 4 is 46.6 Å². The van der Waals surface area contributed by atoms with Crippen molar-refractivity contribution in [2.75, 3.05) is 38.7 Å². The van der Waals surface area contributed by atoms with Gasteiger partial charge in [0.2, 0.25) is 23.6 Å². The van der Waals surface area contributed by atoms with Crippen LogP contribution < -0.4 is 20.7 Å². The number of aromatic amines is 1. The lowest BCUT2D eigenvalue weighted by Crippen LogP contribution is -2.44. The number of carboxylic acids is 2. The van der Waals surface area contributed by atoms with E-state index in [0.717, 1.165) is 0 Å². The van der Waals surface area contributed by atoms with Crippen LogP contribution in [0.15, 0.2) is 0 Å². The Labute approximate surface area is 300 Å². The molecular weight excluding hydrogens is 692 g/mol. The zero-order valence-electron chi connectivity index (χ0n) is 30.1. The Morgan fingerprint density at radius 1 is 0.843 bits per heavy atom. The molecule has 290 valence electrons. The predicted molar refractivity (Wildman–Crippen MR) is 183 cm³/mol. The van der Waals surface area contributed by atoms with Crippen molar-refractivity contribution in [2.24, 2.45) is 10.8 Å². The van der Waals surface area contributed by atoms with E-state index in [-0.39, 0.29) is 86.9 Å². The van der Waals surface area contributed by atoms with Crippen LogP contribution in [0.1, 0.15) is 91.8 Å². The van der Waals surface area contributed by atoms with E-state index in [4.69, 9.17) is 14.6 Å². The second-order valence-corrected chi connectivity index (χ2v) is 14.9. The number of carboxylic acid groups (broad SMARTS) is 2. The molecule has 1 aromatic rings. The van der Waals surface area contributed by atoms with E-state index >= 15 is 0 Å². The van der Waals surface area contributed by atoms with Crippen LogP contribution in [0.2, 0.25) is 0 Å². The van der Waals surface area contributed by atoms with Gasteiger partial charge in [-0.1, -0.05) is 46.3 Å². The van der Waals surface area contributed by atoms with Gasteiger partial charge in [0.15, 0.2) is 5.82 Å². The Morgan fingerprint density at radius 3 is 2.12 bits per heavy atom. The van der Waals surface area contributed by atoms with Gasteiger partial charge >= 0.3 is 11.9 Å². The Kier molecular flexibility index (Phi) is 20.7. The summed E-state index contributed by atoms with van der Waals surface area (Å²) in [6, 6.07) is -2.43. The number of hydrogen-bond acceptors (Lipinski definition) is 12. The molecule has 7 N–H and O–H groups in total. The van der Waals surface area contributed by atoms with Crippen molar-refractivity contribution < 1.29 is 52.7 Å². The summed E-state index contributed by atoms with van der Waals surface area (Å²) in [5.74, 6) is -3.77. The third-order valence-corrected chi connectivity index (χ3v) is 8.38. The fourth-order valence-electron chi connectivity index (χ4n) is 5.44. The fourth-order valence-corrected chi connectivity index (χ4v) is 6.27. The first-order valence-corrected chi connectivity index (χ1v) is 18.1. The number of carbonyl (C=O) groups is 6. The van der Waals surface area contributed by atoms with Gasteiger partial charge in [0.25, 0.3) is 0 Å². The lowest BCUT2D eigenvalue weighted by Gasteiger charge is -2.33. The second-order valence-electron chi connectivity index (χ2n) is 13.6. The molecule has 3 atom stereocenters. The Hall–Kier alpha value is -4.04. The Balaban J connectivity index is 2.16. The van der Waals surface area contributed by atoms with Gasteiger partial charge in [0, 0.05) is 38.0 Å². The molecule has 20 heteroatoms. The van der Waals surface area contributed by atoms with Gasteiger partial charge in [-0.2, -0.15) is 5.21 Å². The van der Waals surface area contributed by atoms with Crippen LogP contribution in [-0.4, -0.2) is 121 Å². The van der Waals surface area contributed by atoms with Crippen molar-refractivity contribution in [3.8, 4) is 0 Å². The number of hydrogen-bond donors (Lipinski definition) is 7. The Morgan fingerprint density at radius 2 is 1.49 bits per heavy atom. The fraction of sp³-hybridized carbons (Fsp3) is 0.774. The van der Waals surface area contributed by atoms with E-state index in [0.29, 0.717) is 31.5 Å².